The van der Waals surface area contributed by atoms with Crippen LogP contribution in [0.2, 0.25) is 0 Å². The fourth-order valence-corrected chi connectivity index (χ4v) is 3.44. The van der Waals surface area contributed by atoms with Crippen LogP contribution >= 0.6 is 0 Å². The SMILES string of the molecule is Cc1ccc(NC(=O)c2cc(C(F)(F)F)cnn2)cc1-c1ccnc(-c2ccnc(NC(=O)C(F)(F)F)c2)c1. The smallest absolute Gasteiger partial charge is 0.321 e. The van der Waals surface area contributed by atoms with Crippen molar-refractivity contribution < 1.29 is 35.9 Å². The number of nitrogens with zero attached hydrogens (tertiary/aromatic N) is 4. The highest BCUT2D eigenvalue weighted by Crippen LogP contribution is 2.31. The summed E-state index contributed by atoms with van der Waals surface area (Å²) in [6.45, 7) is 1.79. The van der Waals surface area contributed by atoms with Crippen LogP contribution in [0, 0.1) is 6.92 Å². The van der Waals surface area contributed by atoms with Crippen LogP contribution in [-0.2, 0) is 11.0 Å². The maximum Gasteiger partial charge on any atom is 0.471 e. The predicted molar refractivity (Wildman–Crippen MR) is 127 cm³/mol. The first-order valence-electron chi connectivity index (χ1n) is 10.9. The van der Waals surface area contributed by atoms with Crippen molar-refractivity contribution in [3.63, 3.8) is 0 Å². The number of halogens is 6. The third-order valence-corrected chi connectivity index (χ3v) is 5.34. The fraction of sp³-hybridized carbons (Fsp3) is 0.120. The summed E-state index contributed by atoms with van der Waals surface area (Å²) in [5.41, 5.74) is 1.37. The minimum absolute atomic E-state index is 0.263. The molecule has 39 heavy (non-hydrogen) atoms. The molecule has 0 saturated heterocycles. The van der Waals surface area contributed by atoms with Crippen LogP contribution in [-0.4, -0.2) is 38.2 Å². The van der Waals surface area contributed by atoms with Crippen LogP contribution in [0.1, 0.15) is 21.6 Å². The molecular weight excluding hydrogens is 530 g/mol. The molecule has 0 atom stereocenters. The van der Waals surface area contributed by atoms with Gasteiger partial charge in [-0.2, -0.15) is 31.4 Å². The number of benzene rings is 1. The number of anilines is 2. The predicted octanol–water partition coefficient (Wildman–Crippen LogP) is 5.68. The number of aromatic nitrogens is 4. The largest absolute Gasteiger partial charge is 0.471 e. The van der Waals surface area contributed by atoms with Crippen molar-refractivity contribution in [1.82, 2.24) is 20.2 Å². The van der Waals surface area contributed by atoms with Crippen molar-refractivity contribution in [2.75, 3.05) is 10.6 Å². The molecule has 3 heterocycles. The van der Waals surface area contributed by atoms with E-state index in [1.54, 1.807) is 42.6 Å². The van der Waals surface area contributed by atoms with Crippen molar-refractivity contribution in [3.8, 4) is 22.4 Å². The lowest BCUT2D eigenvalue weighted by Gasteiger charge is -2.12. The van der Waals surface area contributed by atoms with Gasteiger partial charge < -0.3 is 10.6 Å². The third-order valence-electron chi connectivity index (χ3n) is 5.34. The molecule has 0 fully saturated rings. The molecule has 0 saturated carbocycles. The number of rotatable bonds is 5. The molecule has 0 radical (unpaired) electrons. The normalized spacial score (nSPS) is 11.7. The van der Waals surface area contributed by atoms with Gasteiger partial charge in [0.05, 0.1) is 17.5 Å². The van der Waals surface area contributed by atoms with Gasteiger partial charge in [-0.25, -0.2) is 4.98 Å². The van der Waals surface area contributed by atoms with Gasteiger partial charge in [-0.15, -0.1) is 5.10 Å². The second-order valence-electron chi connectivity index (χ2n) is 8.12. The second kappa shape index (κ2) is 10.5. The summed E-state index contributed by atoms with van der Waals surface area (Å²) in [4.78, 5) is 31.7. The summed E-state index contributed by atoms with van der Waals surface area (Å²) < 4.78 is 76.6. The Morgan fingerprint density at radius 2 is 1.54 bits per heavy atom. The molecule has 8 nitrogen and oxygen atoms in total. The first-order valence-corrected chi connectivity index (χ1v) is 10.9. The summed E-state index contributed by atoms with van der Waals surface area (Å²) >= 11 is 0. The Morgan fingerprint density at radius 1 is 0.821 bits per heavy atom. The lowest BCUT2D eigenvalue weighted by molar-refractivity contribution is -0.167. The highest BCUT2D eigenvalue weighted by Gasteiger charge is 2.39. The summed E-state index contributed by atoms with van der Waals surface area (Å²) in [6, 6.07) is 11.4. The van der Waals surface area contributed by atoms with Gasteiger partial charge in [0.15, 0.2) is 5.69 Å². The molecule has 0 unspecified atom stereocenters. The van der Waals surface area contributed by atoms with Crippen molar-refractivity contribution in [2.45, 2.75) is 19.3 Å². The summed E-state index contributed by atoms with van der Waals surface area (Å²) in [6.07, 6.45) is -6.59. The lowest BCUT2D eigenvalue weighted by Crippen LogP contribution is -2.30. The molecule has 200 valence electrons. The maximum absolute atomic E-state index is 13.0. The zero-order valence-corrected chi connectivity index (χ0v) is 19.7. The van der Waals surface area contributed by atoms with E-state index in [1.807, 2.05) is 0 Å². The number of alkyl halides is 6. The molecule has 2 N–H and O–H groups in total. The van der Waals surface area contributed by atoms with Crippen LogP contribution in [0.25, 0.3) is 22.4 Å². The number of nitrogens with one attached hydrogen (secondary N) is 2. The second-order valence-corrected chi connectivity index (χ2v) is 8.12. The van der Waals surface area contributed by atoms with Crippen molar-refractivity contribution in [2.24, 2.45) is 0 Å². The van der Waals surface area contributed by atoms with E-state index in [0.29, 0.717) is 34.6 Å². The average molecular weight is 546 g/mol. The number of pyridine rings is 2. The van der Waals surface area contributed by atoms with Gasteiger partial charge in [-0.3, -0.25) is 14.6 Å². The van der Waals surface area contributed by atoms with E-state index < -0.39 is 35.4 Å². The van der Waals surface area contributed by atoms with Gasteiger partial charge >= 0.3 is 18.3 Å². The van der Waals surface area contributed by atoms with Gasteiger partial charge in [-0.05, 0) is 66.1 Å². The first-order chi connectivity index (χ1) is 18.3. The van der Waals surface area contributed by atoms with E-state index in [4.69, 9.17) is 0 Å². The topological polar surface area (TPSA) is 110 Å². The molecule has 0 aliphatic rings. The molecule has 0 spiro atoms. The Hall–Kier alpha value is -4.88. The Labute approximate surface area is 216 Å². The number of amides is 2. The molecule has 4 aromatic rings. The number of carbonyl (C=O) groups is 2. The van der Waals surface area contributed by atoms with Crippen molar-refractivity contribution >= 4 is 23.3 Å². The van der Waals surface area contributed by atoms with E-state index >= 15 is 0 Å². The molecule has 2 amide bonds. The molecule has 0 aliphatic heterocycles. The van der Waals surface area contributed by atoms with E-state index in [-0.39, 0.29) is 11.5 Å². The fourth-order valence-electron chi connectivity index (χ4n) is 3.44. The van der Waals surface area contributed by atoms with Gasteiger partial charge in [-0.1, -0.05) is 6.07 Å². The Morgan fingerprint density at radius 3 is 2.26 bits per heavy atom. The van der Waals surface area contributed by atoms with Crippen LogP contribution in [0.15, 0.2) is 67.1 Å². The quantitative estimate of drug-likeness (QED) is 0.312. The highest BCUT2D eigenvalue weighted by molar-refractivity contribution is 6.03. The van der Waals surface area contributed by atoms with Crippen molar-refractivity contribution in [1.29, 1.82) is 0 Å². The molecular formula is C25H16F6N6O2. The minimum atomic E-state index is -5.08. The zero-order valence-electron chi connectivity index (χ0n) is 19.7. The number of carbonyl (C=O) groups excluding carboxylic acids is 2. The molecule has 3 aromatic heterocycles. The van der Waals surface area contributed by atoms with E-state index in [0.717, 1.165) is 5.56 Å². The average Bonchev–Trinajstić information content (AvgIpc) is 2.89. The summed E-state index contributed by atoms with van der Waals surface area (Å²) in [7, 11) is 0. The number of aryl methyl sites for hydroxylation is 1. The monoisotopic (exact) mass is 546 g/mol. The molecule has 1 aromatic carbocycles. The summed E-state index contributed by atoms with van der Waals surface area (Å²) in [5.74, 6) is -3.39. The van der Waals surface area contributed by atoms with Gasteiger partial charge in [0.1, 0.15) is 5.82 Å². The van der Waals surface area contributed by atoms with E-state index in [2.05, 4.69) is 25.5 Å². The summed E-state index contributed by atoms with van der Waals surface area (Å²) in [5, 5.41) is 10.9. The van der Waals surface area contributed by atoms with Crippen LogP contribution in [0.3, 0.4) is 0 Å². The van der Waals surface area contributed by atoms with E-state index in [9.17, 15) is 35.9 Å². The molecule has 0 bridgehead atoms. The maximum atomic E-state index is 13.0. The van der Waals surface area contributed by atoms with Crippen LogP contribution in [0.5, 0.6) is 0 Å². The first kappa shape index (κ1) is 27.2. The van der Waals surface area contributed by atoms with Gasteiger partial charge in [0.25, 0.3) is 5.91 Å². The minimum Gasteiger partial charge on any atom is -0.321 e. The Bertz CT molecular complexity index is 1550. The highest BCUT2D eigenvalue weighted by atomic mass is 19.4. The molecule has 0 aliphatic carbocycles. The number of hydrogen-bond donors (Lipinski definition) is 2. The third kappa shape index (κ3) is 6.52. The van der Waals surface area contributed by atoms with Gasteiger partial charge in [0, 0.05) is 23.6 Å². The van der Waals surface area contributed by atoms with Crippen LogP contribution in [0.4, 0.5) is 37.8 Å². The Kier molecular flexibility index (Phi) is 7.29. The zero-order chi connectivity index (χ0) is 28.4. The van der Waals surface area contributed by atoms with Gasteiger partial charge in [0.2, 0.25) is 0 Å². The molecule has 14 heteroatoms. The van der Waals surface area contributed by atoms with E-state index in [1.165, 1.54) is 24.5 Å². The standard InChI is InChI=1S/C25H16F6N6O2/c1-13-2-3-17(35-22(38)20-10-16(12-34-37-20)24(26,27)28)11-18(13)14-4-6-32-19(8-14)15-5-7-33-21(9-15)36-23(39)25(29,30)31/h2-12H,1H3,(H,35,38)(H,33,36,39). The lowest BCUT2D eigenvalue weighted by atomic mass is 9.99. The Balaban J connectivity index is 1.60. The van der Waals surface area contributed by atoms with Crippen molar-refractivity contribution in [3.05, 3.63) is 83.9 Å². The molecule has 4 rings (SSSR count). The number of hydrogen-bond acceptors (Lipinski definition) is 6. The van der Waals surface area contributed by atoms with Crippen LogP contribution < -0.4 is 10.6 Å².